The number of rotatable bonds is 6. The number of benzene rings is 1. The van der Waals surface area contributed by atoms with Crippen LogP contribution in [0.1, 0.15) is 6.42 Å². The van der Waals surface area contributed by atoms with E-state index in [1.165, 1.54) is 0 Å². The standard InChI is InChI=1S/C15H21N3O3/c19-15-17-13-4-1-2-5-14(13)18(15)7-3-8-20-11-12-10-16-6-9-21-12/h1-2,4-5,12,16H,3,6-11H2,(H,17,19). The fraction of sp³-hybridized carbons (Fsp3) is 0.533. The van der Waals surface area contributed by atoms with E-state index in [2.05, 4.69) is 10.3 Å². The lowest BCUT2D eigenvalue weighted by Crippen LogP contribution is -2.41. The summed E-state index contributed by atoms with van der Waals surface area (Å²) < 4.78 is 13.0. The number of para-hydroxylation sites is 2. The average Bonchev–Trinajstić information content (AvgIpc) is 2.84. The van der Waals surface area contributed by atoms with Gasteiger partial charge in [0, 0.05) is 26.2 Å². The summed E-state index contributed by atoms with van der Waals surface area (Å²) in [7, 11) is 0. The highest BCUT2D eigenvalue weighted by Crippen LogP contribution is 2.09. The number of aromatic amines is 1. The SMILES string of the molecule is O=c1[nH]c2ccccc2n1CCCOCC1CNCCO1. The van der Waals surface area contributed by atoms with Crippen LogP contribution in [-0.2, 0) is 16.0 Å². The van der Waals surface area contributed by atoms with Crippen molar-refractivity contribution in [2.45, 2.75) is 19.1 Å². The lowest BCUT2D eigenvalue weighted by molar-refractivity contribution is -0.0320. The smallest absolute Gasteiger partial charge is 0.326 e. The molecule has 0 spiro atoms. The third-order valence-electron chi connectivity index (χ3n) is 3.66. The molecule has 0 saturated carbocycles. The highest BCUT2D eigenvalue weighted by Gasteiger charge is 2.13. The van der Waals surface area contributed by atoms with Crippen LogP contribution >= 0.6 is 0 Å². The number of H-pyrrole nitrogens is 1. The molecule has 1 aromatic heterocycles. The van der Waals surface area contributed by atoms with E-state index in [1.807, 2.05) is 24.3 Å². The first-order valence-electron chi connectivity index (χ1n) is 7.42. The minimum absolute atomic E-state index is 0.0592. The van der Waals surface area contributed by atoms with Crippen LogP contribution in [0.5, 0.6) is 0 Å². The van der Waals surface area contributed by atoms with E-state index in [0.29, 0.717) is 19.8 Å². The molecule has 3 rings (SSSR count). The molecule has 6 nitrogen and oxygen atoms in total. The highest BCUT2D eigenvalue weighted by atomic mass is 16.5. The van der Waals surface area contributed by atoms with E-state index in [1.54, 1.807) is 4.57 Å². The van der Waals surface area contributed by atoms with Crippen molar-refractivity contribution < 1.29 is 9.47 Å². The Labute approximate surface area is 123 Å². The molecule has 21 heavy (non-hydrogen) atoms. The summed E-state index contributed by atoms with van der Waals surface area (Å²) in [5.74, 6) is 0. The molecule has 1 aliphatic rings. The zero-order valence-electron chi connectivity index (χ0n) is 12.0. The minimum Gasteiger partial charge on any atom is -0.379 e. The molecule has 1 aromatic carbocycles. The molecule has 1 atom stereocenters. The molecule has 2 N–H and O–H groups in total. The van der Waals surface area contributed by atoms with Gasteiger partial charge in [-0.25, -0.2) is 4.79 Å². The van der Waals surface area contributed by atoms with Crippen molar-refractivity contribution in [2.75, 3.05) is 32.9 Å². The van der Waals surface area contributed by atoms with Gasteiger partial charge in [0.05, 0.1) is 30.4 Å². The maximum absolute atomic E-state index is 11.9. The maximum atomic E-state index is 11.9. The molecule has 1 fully saturated rings. The lowest BCUT2D eigenvalue weighted by Gasteiger charge is -2.23. The van der Waals surface area contributed by atoms with Gasteiger partial charge < -0.3 is 19.8 Å². The number of nitrogens with one attached hydrogen (secondary N) is 2. The third-order valence-corrected chi connectivity index (χ3v) is 3.66. The summed E-state index contributed by atoms with van der Waals surface area (Å²) in [4.78, 5) is 14.7. The quantitative estimate of drug-likeness (QED) is 0.770. The summed E-state index contributed by atoms with van der Waals surface area (Å²) in [6.07, 6.45) is 0.955. The van der Waals surface area contributed by atoms with Crippen LogP contribution in [0.15, 0.2) is 29.1 Å². The molecule has 1 saturated heterocycles. The molecule has 6 heteroatoms. The molecule has 2 aromatic rings. The minimum atomic E-state index is -0.0592. The first-order valence-corrected chi connectivity index (χ1v) is 7.42. The third kappa shape index (κ3) is 3.53. The Balaban J connectivity index is 1.46. The largest absolute Gasteiger partial charge is 0.379 e. The normalized spacial score (nSPS) is 19.1. The van der Waals surface area contributed by atoms with E-state index in [4.69, 9.17) is 9.47 Å². The van der Waals surface area contributed by atoms with Gasteiger partial charge in [0.15, 0.2) is 0 Å². The van der Waals surface area contributed by atoms with Gasteiger partial charge in [-0.1, -0.05) is 12.1 Å². The maximum Gasteiger partial charge on any atom is 0.326 e. The van der Waals surface area contributed by atoms with E-state index < -0.39 is 0 Å². The second-order valence-electron chi connectivity index (χ2n) is 5.22. The van der Waals surface area contributed by atoms with Crippen molar-refractivity contribution in [1.29, 1.82) is 0 Å². The number of nitrogens with zero attached hydrogens (tertiary/aromatic N) is 1. The first kappa shape index (κ1) is 14.3. The molecule has 0 amide bonds. The van der Waals surface area contributed by atoms with Gasteiger partial charge in [-0.2, -0.15) is 0 Å². The summed E-state index contributed by atoms with van der Waals surface area (Å²) >= 11 is 0. The number of hydrogen-bond acceptors (Lipinski definition) is 4. The van der Waals surface area contributed by atoms with Crippen LogP contribution in [-0.4, -0.2) is 48.6 Å². The average molecular weight is 291 g/mol. The van der Waals surface area contributed by atoms with Gasteiger partial charge in [-0.05, 0) is 18.6 Å². The van der Waals surface area contributed by atoms with Gasteiger partial charge in [-0.15, -0.1) is 0 Å². The number of aryl methyl sites for hydroxylation is 1. The number of imidazole rings is 1. The van der Waals surface area contributed by atoms with Gasteiger partial charge in [0.2, 0.25) is 0 Å². The predicted octanol–water partition coefficient (Wildman–Crippen LogP) is 0.725. The second-order valence-corrected chi connectivity index (χ2v) is 5.22. The summed E-state index contributed by atoms with van der Waals surface area (Å²) in [5, 5.41) is 3.27. The van der Waals surface area contributed by atoms with Gasteiger partial charge in [0.1, 0.15) is 0 Å². The van der Waals surface area contributed by atoms with E-state index in [0.717, 1.165) is 37.2 Å². The van der Waals surface area contributed by atoms with E-state index >= 15 is 0 Å². The molecule has 0 aliphatic carbocycles. The van der Waals surface area contributed by atoms with E-state index in [-0.39, 0.29) is 11.8 Å². The number of hydrogen-bond donors (Lipinski definition) is 2. The molecule has 1 aliphatic heterocycles. The van der Waals surface area contributed by atoms with Gasteiger partial charge in [-0.3, -0.25) is 4.57 Å². The predicted molar refractivity (Wildman–Crippen MR) is 80.6 cm³/mol. The fourth-order valence-corrected chi connectivity index (χ4v) is 2.60. The van der Waals surface area contributed by atoms with Crippen molar-refractivity contribution in [3.05, 3.63) is 34.7 Å². The Morgan fingerprint density at radius 1 is 1.38 bits per heavy atom. The molecule has 1 unspecified atom stereocenters. The Hall–Kier alpha value is -1.63. The lowest BCUT2D eigenvalue weighted by atomic mass is 10.3. The van der Waals surface area contributed by atoms with Crippen LogP contribution in [0.2, 0.25) is 0 Å². The summed E-state index contributed by atoms with van der Waals surface area (Å²) in [5.41, 5.74) is 1.77. The van der Waals surface area contributed by atoms with Crippen molar-refractivity contribution in [2.24, 2.45) is 0 Å². The first-order chi connectivity index (χ1) is 10.3. The zero-order chi connectivity index (χ0) is 14.5. The topological polar surface area (TPSA) is 68.3 Å². The molecular weight excluding hydrogens is 270 g/mol. The van der Waals surface area contributed by atoms with Crippen LogP contribution in [0, 0.1) is 0 Å². The van der Waals surface area contributed by atoms with Crippen molar-refractivity contribution in [3.63, 3.8) is 0 Å². The Morgan fingerprint density at radius 3 is 3.14 bits per heavy atom. The number of morpholine rings is 1. The van der Waals surface area contributed by atoms with Crippen LogP contribution < -0.4 is 11.0 Å². The highest BCUT2D eigenvalue weighted by molar-refractivity contribution is 5.74. The zero-order valence-corrected chi connectivity index (χ0v) is 12.0. The molecule has 114 valence electrons. The molecule has 0 radical (unpaired) electrons. The second kappa shape index (κ2) is 6.89. The van der Waals surface area contributed by atoms with Crippen LogP contribution in [0.3, 0.4) is 0 Å². The number of aromatic nitrogens is 2. The fourth-order valence-electron chi connectivity index (χ4n) is 2.60. The van der Waals surface area contributed by atoms with Crippen LogP contribution in [0.4, 0.5) is 0 Å². The van der Waals surface area contributed by atoms with Crippen molar-refractivity contribution in [3.8, 4) is 0 Å². The van der Waals surface area contributed by atoms with Gasteiger partial charge >= 0.3 is 5.69 Å². The number of fused-ring (bicyclic) bond motifs is 1. The van der Waals surface area contributed by atoms with Crippen molar-refractivity contribution >= 4 is 11.0 Å². The van der Waals surface area contributed by atoms with E-state index in [9.17, 15) is 4.79 Å². The Morgan fingerprint density at radius 2 is 2.29 bits per heavy atom. The summed E-state index contributed by atoms with van der Waals surface area (Å²) in [6.45, 7) is 4.41. The van der Waals surface area contributed by atoms with Crippen molar-refractivity contribution in [1.82, 2.24) is 14.9 Å². The molecular formula is C15H21N3O3. The Bertz CT molecular complexity index is 628. The Kier molecular flexibility index (Phi) is 4.69. The number of ether oxygens (including phenoxy) is 2. The van der Waals surface area contributed by atoms with Crippen LogP contribution in [0.25, 0.3) is 11.0 Å². The monoisotopic (exact) mass is 291 g/mol. The summed E-state index contributed by atoms with van der Waals surface area (Å²) in [6, 6.07) is 7.73. The molecule has 2 heterocycles. The molecule has 0 bridgehead atoms. The van der Waals surface area contributed by atoms with Gasteiger partial charge in [0.25, 0.3) is 0 Å².